The number of carbonyl (C=O) groups excluding carboxylic acids is 1. The van der Waals surface area contributed by atoms with Gasteiger partial charge in [-0.15, -0.1) is 32.9 Å². The molecule has 0 spiro atoms. The summed E-state index contributed by atoms with van der Waals surface area (Å²) in [4.78, 5) is 25.3. The molecule has 5 rings (SSSR count). The minimum Gasteiger partial charge on any atom is -0.383 e. The van der Waals surface area contributed by atoms with Crippen molar-refractivity contribution in [2.75, 3.05) is 5.32 Å². The van der Waals surface area contributed by atoms with Gasteiger partial charge in [0.1, 0.15) is 26.8 Å². The number of halogens is 3. The van der Waals surface area contributed by atoms with Crippen LogP contribution >= 0.6 is 22.7 Å². The van der Waals surface area contributed by atoms with Gasteiger partial charge in [-0.25, -0.2) is 15.0 Å². The Bertz CT molecular complexity index is 1450. The van der Waals surface area contributed by atoms with Crippen LogP contribution in [0, 0.1) is 12.8 Å². The maximum atomic E-state index is 13.0. The molecule has 3 heterocycles. The van der Waals surface area contributed by atoms with Gasteiger partial charge in [0.05, 0.1) is 11.4 Å². The van der Waals surface area contributed by atoms with Gasteiger partial charge in [-0.3, -0.25) is 4.79 Å². The van der Waals surface area contributed by atoms with Crippen LogP contribution in [0.3, 0.4) is 0 Å². The van der Waals surface area contributed by atoms with Crippen LogP contribution in [0.2, 0.25) is 0 Å². The molecule has 1 aromatic carbocycles. The van der Waals surface area contributed by atoms with Gasteiger partial charge in [0.2, 0.25) is 11.9 Å². The van der Waals surface area contributed by atoms with Crippen LogP contribution in [0.15, 0.2) is 42.2 Å². The molecule has 1 amide bonds. The first-order chi connectivity index (χ1) is 18.6. The Kier molecular flexibility index (Phi) is 7.60. The van der Waals surface area contributed by atoms with E-state index in [9.17, 15) is 23.1 Å². The summed E-state index contributed by atoms with van der Waals surface area (Å²) >= 11 is 2.73. The lowest BCUT2D eigenvalue weighted by atomic mass is 9.78. The van der Waals surface area contributed by atoms with E-state index in [0.717, 1.165) is 33.3 Å². The van der Waals surface area contributed by atoms with E-state index in [1.165, 1.54) is 22.7 Å². The Morgan fingerprint density at radius 3 is 2.72 bits per heavy atom. The molecule has 4 aromatic rings. The minimum absolute atomic E-state index is 0.0587. The van der Waals surface area contributed by atoms with Crippen molar-refractivity contribution in [2.45, 2.75) is 50.9 Å². The normalized spacial score (nSPS) is 19.6. The Morgan fingerprint density at radius 2 is 2.00 bits per heavy atom. The minimum atomic E-state index is -4.57. The largest absolute Gasteiger partial charge is 0.433 e. The first kappa shape index (κ1) is 27.1. The Labute approximate surface area is 229 Å². The predicted molar refractivity (Wildman–Crippen MR) is 140 cm³/mol. The van der Waals surface area contributed by atoms with E-state index in [0.29, 0.717) is 42.9 Å². The highest BCUT2D eigenvalue weighted by molar-refractivity contribution is 7.15. The molecule has 3 N–H and O–H groups in total. The molecule has 1 aliphatic carbocycles. The number of anilines is 2. The fourth-order valence-corrected chi connectivity index (χ4v) is 5.99. The molecule has 0 radical (unpaired) electrons. The summed E-state index contributed by atoms with van der Waals surface area (Å²) in [7, 11) is 0. The Morgan fingerprint density at radius 1 is 1.21 bits per heavy atom. The number of rotatable bonds is 7. The standard InChI is InChI=1S/C25H24F3N7O2S2/c1-14-8-16(10-17(9-14)33-23-29-7-4-19(34-23)25(26,27)28)18-11-31-22(39-18)24(37)5-2-15(3-6-24)21(36)30-12-20-35-32-13-38-20/h4,7-11,13,15,37H,2-3,5-6,12H2,1H3,(H,30,36)(H,29,33,34). The molecule has 1 fully saturated rings. The molecule has 0 aliphatic heterocycles. The molecular formula is C25H24F3N7O2S2. The molecular weight excluding hydrogens is 551 g/mol. The lowest BCUT2D eigenvalue weighted by Gasteiger charge is -2.33. The van der Waals surface area contributed by atoms with Crippen LogP contribution in [0.25, 0.3) is 10.4 Å². The van der Waals surface area contributed by atoms with Crippen molar-refractivity contribution in [3.63, 3.8) is 0 Å². The van der Waals surface area contributed by atoms with E-state index in [1.807, 2.05) is 13.0 Å². The Balaban J connectivity index is 1.25. The lowest BCUT2D eigenvalue weighted by Crippen LogP contribution is -2.38. The maximum absolute atomic E-state index is 13.0. The number of thiazole rings is 1. The number of amides is 1. The Hall–Kier alpha value is -3.49. The second kappa shape index (κ2) is 10.9. The third kappa shape index (κ3) is 6.40. The highest BCUT2D eigenvalue weighted by Crippen LogP contribution is 2.43. The number of carbonyl (C=O) groups is 1. The van der Waals surface area contributed by atoms with Crippen molar-refractivity contribution < 1.29 is 23.1 Å². The van der Waals surface area contributed by atoms with E-state index in [-0.39, 0.29) is 17.8 Å². The smallest absolute Gasteiger partial charge is 0.383 e. The van der Waals surface area contributed by atoms with Crippen molar-refractivity contribution in [1.29, 1.82) is 0 Å². The van der Waals surface area contributed by atoms with E-state index < -0.39 is 17.5 Å². The average Bonchev–Trinajstić information content (AvgIpc) is 3.60. The van der Waals surface area contributed by atoms with Gasteiger partial charge >= 0.3 is 6.18 Å². The zero-order valence-corrected chi connectivity index (χ0v) is 22.3. The number of nitrogens with zero attached hydrogens (tertiary/aromatic N) is 5. The fraction of sp³-hybridized carbons (Fsp3) is 0.360. The van der Waals surface area contributed by atoms with E-state index in [2.05, 4.69) is 35.8 Å². The molecule has 1 aliphatic rings. The van der Waals surface area contributed by atoms with Gasteiger partial charge in [0.15, 0.2) is 0 Å². The fourth-order valence-electron chi connectivity index (χ4n) is 4.48. The molecule has 14 heteroatoms. The predicted octanol–water partition coefficient (Wildman–Crippen LogP) is 5.22. The first-order valence-electron chi connectivity index (χ1n) is 12.1. The summed E-state index contributed by atoms with van der Waals surface area (Å²) in [5, 5.41) is 26.1. The summed E-state index contributed by atoms with van der Waals surface area (Å²) < 4.78 is 39.1. The third-order valence-electron chi connectivity index (χ3n) is 6.47. The lowest BCUT2D eigenvalue weighted by molar-refractivity contribution is -0.141. The number of nitrogens with one attached hydrogen (secondary N) is 2. The second-order valence-electron chi connectivity index (χ2n) is 9.36. The van der Waals surface area contributed by atoms with Gasteiger partial charge in [0, 0.05) is 24.0 Å². The van der Waals surface area contributed by atoms with Crippen molar-refractivity contribution in [2.24, 2.45) is 5.92 Å². The topological polar surface area (TPSA) is 126 Å². The zero-order valence-electron chi connectivity index (χ0n) is 20.7. The van der Waals surface area contributed by atoms with Gasteiger partial charge < -0.3 is 15.7 Å². The molecule has 9 nitrogen and oxygen atoms in total. The van der Waals surface area contributed by atoms with Crippen molar-refractivity contribution in [3.05, 3.63) is 63.4 Å². The van der Waals surface area contributed by atoms with Crippen LogP contribution in [0.4, 0.5) is 24.8 Å². The van der Waals surface area contributed by atoms with Gasteiger partial charge in [-0.1, -0.05) is 6.07 Å². The average molecular weight is 576 g/mol. The van der Waals surface area contributed by atoms with Gasteiger partial charge in [-0.05, 0) is 61.9 Å². The monoisotopic (exact) mass is 575 g/mol. The molecule has 0 saturated heterocycles. The number of benzene rings is 1. The van der Waals surface area contributed by atoms with Crippen LogP contribution < -0.4 is 10.6 Å². The second-order valence-corrected chi connectivity index (χ2v) is 11.3. The molecule has 3 aromatic heterocycles. The molecule has 204 valence electrons. The van der Waals surface area contributed by atoms with Crippen LogP contribution in [-0.4, -0.2) is 36.2 Å². The molecule has 0 atom stereocenters. The van der Waals surface area contributed by atoms with E-state index >= 15 is 0 Å². The molecule has 0 unspecified atom stereocenters. The highest BCUT2D eigenvalue weighted by Gasteiger charge is 2.39. The SMILES string of the molecule is Cc1cc(Nc2nccc(C(F)(F)F)n2)cc(-c2cnc(C3(O)CCC(C(=O)NCc4nncs4)CC3)s2)c1. The van der Waals surface area contributed by atoms with E-state index in [4.69, 9.17) is 0 Å². The van der Waals surface area contributed by atoms with Crippen LogP contribution in [0.5, 0.6) is 0 Å². The van der Waals surface area contributed by atoms with Crippen molar-refractivity contribution in [1.82, 2.24) is 30.5 Å². The number of aromatic nitrogens is 5. The first-order valence-corrected chi connectivity index (χ1v) is 13.8. The van der Waals surface area contributed by atoms with Crippen LogP contribution in [0.1, 0.15) is 47.0 Å². The third-order valence-corrected chi connectivity index (χ3v) is 8.41. The number of alkyl halides is 3. The van der Waals surface area contributed by atoms with Crippen molar-refractivity contribution in [3.8, 4) is 10.4 Å². The molecule has 0 bridgehead atoms. The summed E-state index contributed by atoms with van der Waals surface area (Å²) in [5.74, 6) is -0.414. The maximum Gasteiger partial charge on any atom is 0.433 e. The quantitative estimate of drug-likeness (QED) is 0.274. The molecule has 39 heavy (non-hydrogen) atoms. The molecule has 1 saturated carbocycles. The van der Waals surface area contributed by atoms with E-state index in [1.54, 1.807) is 23.8 Å². The number of aryl methyl sites for hydroxylation is 1. The summed E-state index contributed by atoms with van der Waals surface area (Å²) in [6.45, 7) is 2.21. The zero-order chi connectivity index (χ0) is 27.6. The number of hydrogen-bond donors (Lipinski definition) is 3. The van der Waals surface area contributed by atoms with Gasteiger partial charge in [0.25, 0.3) is 0 Å². The summed E-state index contributed by atoms with van der Waals surface area (Å²) in [6, 6.07) is 6.30. The number of hydrogen-bond acceptors (Lipinski definition) is 10. The number of aliphatic hydroxyl groups is 1. The van der Waals surface area contributed by atoms with Gasteiger partial charge in [-0.2, -0.15) is 13.2 Å². The van der Waals surface area contributed by atoms with Crippen LogP contribution in [-0.2, 0) is 23.1 Å². The summed E-state index contributed by atoms with van der Waals surface area (Å²) in [5.41, 5.74) is 1.64. The summed E-state index contributed by atoms with van der Waals surface area (Å²) in [6.07, 6.45) is 0.0408. The van der Waals surface area contributed by atoms with Crippen molar-refractivity contribution >= 4 is 40.2 Å². The highest BCUT2D eigenvalue weighted by atomic mass is 32.1.